The second-order valence-corrected chi connectivity index (χ2v) is 2.42. The van der Waals surface area contributed by atoms with Crippen molar-refractivity contribution >= 4 is 11.9 Å². The summed E-state index contributed by atoms with van der Waals surface area (Å²) in [6, 6.07) is -0.436. The number of amidine groups is 1. The van der Waals surface area contributed by atoms with E-state index in [-0.39, 0.29) is 17.9 Å². The summed E-state index contributed by atoms with van der Waals surface area (Å²) in [5.41, 5.74) is 5.22. The normalized spacial score (nSPS) is 13.7. The number of nitrogens with zero attached hydrogens (tertiary/aromatic N) is 1. The third-order valence-electron chi connectivity index (χ3n) is 1.25. The minimum Gasteiger partial charge on any atom is -0.409 e. The highest BCUT2D eigenvalue weighted by Gasteiger charge is 2.06. The molecule has 0 saturated carbocycles. The molecule has 0 aliphatic carbocycles. The van der Waals surface area contributed by atoms with E-state index in [1.54, 1.807) is 6.92 Å². The van der Waals surface area contributed by atoms with Crippen molar-refractivity contribution in [1.82, 2.24) is 10.6 Å². The van der Waals surface area contributed by atoms with Crippen LogP contribution < -0.4 is 16.4 Å². The van der Waals surface area contributed by atoms with E-state index in [0.717, 1.165) is 0 Å². The molecule has 6 nitrogen and oxygen atoms in total. The lowest BCUT2D eigenvalue weighted by Gasteiger charge is -2.11. The van der Waals surface area contributed by atoms with Gasteiger partial charge in [-0.05, 0) is 6.92 Å². The highest BCUT2D eigenvalue weighted by molar-refractivity contribution is 5.81. The van der Waals surface area contributed by atoms with E-state index in [2.05, 4.69) is 15.8 Å². The maximum Gasteiger partial charge on any atom is 0.314 e. The Balaban J connectivity index is 3.74. The zero-order valence-electron chi connectivity index (χ0n) is 7.16. The van der Waals surface area contributed by atoms with E-state index in [9.17, 15) is 4.79 Å². The first-order chi connectivity index (χ1) is 5.60. The number of hydrogen-bond acceptors (Lipinski definition) is 3. The molecule has 12 heavy (non-hydrogen) atoms. The number of urea groups is 1. The van der Waals surface area contributed by atoms with Crippen molar-refractivity contribution < 1.29 is 10.0 Å². The van der Waals surface area contributed by atoms with Gasteiger partial charge in [0, 0.05) is 19.5 Å². The van der Waals surface area contributed by atoms with Gasteiger partial charge in [-0.1, -0.05) is 5.16 Å². The fourth-order valence-electron chi connectivity index (χ4n) is 0.702. The van der Waals surface area contributed by atoms with Gasteiger partial charge in [-0.15, -0.1) is 0 Å². The molecule has 0 aliphatic rings. The Morgan fingerprint density at radius 3 is 2.75 bits per heavy atom. The van der Waals surface area contributed by atoms with Crippen LogP contribution in [-0.2, 0) is 0 Å². The van der Waals surface area contributed by atoms with Crippen molar-refractivity contribution in [1.29, 1.82) is 0 Å². The van der Waals surface area contributed by atoms with Crippen molar-refractivity contribution in [2.45, 2.75) is 19.4 Å². The van der Waals surface area contributed by atoms with Gasteiger partial charge < -0.3 is 21.6 Å². The predicted molar refractivity (Wildman–Crippen MR) is 45.1 cm³/mol. The van der Waals surface area contributed by atoms with Crippen LogP contribution in [0.4, 0.5) is 4.79 Å². The van der Waals surface area contributed by atoms with Crippen LogP contribution in [0, 0.1) is 0 Å². The maximum absolute atomic E-state index is 10.7. The molecule has 0 radical (unpaired) electrons. The lowest BCUT2D eigenvalue weighted by molar-refractivity contribution is 0.240. The quantitative estimate of drug-likeness (QED) is 0.200. The van der Waals surface area contributed by atoms with Gasteiger partial charge in [0.15, 0.2) is 0 Å². The Bertz CT molecular complexity index is 180. The number of oxime groups is 1. The van der Waals surface area contributed by atoms with Crippen LogP contribution in [0.25, 0.3) is 0 Å². The summed E-state index contributed by atoms with van der Waals surface area (Å²) in [7, 11) is 1.52. The lowest BCUT2D eigenvalue weighted by Crippen LogP contribution is -2.40. The molecule has 0 bridgehead atoms. The zero-order valence-corrected chi connectivity index (χ0v) is 7.16. The van der Waals surface area contributed by atoms with Gasteiger partial charge in [0.1, 0.15) is 5.84 Å². The van der Waals surface area contributed by atoms with Gasteiger partial charge in [0.2, 0.25) is 0 Å². The van der Waals surface area contributed by atoms with Crippen LogP contribution in [0.2, 0.25) is 0 Å². The van der Waals surface area contributed by atoms with Gasteiger partial charge >= 0.3 is 6.03 Å². The molecule has 6 heteroatoms. The molecular formula is C6H14N4O2. The van der Waals surface area contributed by atoms with E-state index < -0.39 is 0 Å². The number of carbonyl (C=O) groups excluding carboxylic acids is 1. The number of nitrogens with two attached hydrogens (primary N) is 1. The summed E-state index contributed by atoms with van der Waals surface area (Å²) in [5, 5.41) is 16.0. The molecule has 0 heterocycles. The van der Waals surface area contributed by atoms with Crippen LogP contribution in [0.5, 0.6) is 0 Å². The highest BCUT2D eigenvalue weighted by Crippen LogP contribution is 1.89. The molecule has 0 fully saturated rings. The number of amides is 2. The SMILES string of the molecule is CNC(=O)NC(C)CC(N)=NO. The van der Waals surface area contributed by atoms with Gasteiger partial charge in [0.05, 0.1) is 0 Å². The topological polar surface area (TPSA) is 99.7 Å². The Morgan fingerprint density at radius 2 is 2.33 bits per heavy atom. The Labute approximate surface area is 70.8 Å². The lowest BCUT2D eigenvalue weighted by atomic mass is 10.2. The number of rotatable bonds is 3. The fraction of sp³-hybridized carbons (Fsp3) is 0.667. The highest BCUT2D eigenvalue weighted by atomic mass is 16.4. The first-order valence-electron chi connectivity index (χ1n) is 3.54. The second kappa shape index (κ2) is 5.22. The van der Waals surface area contributed by atoms with E-state index in [1.165, 1.54) is 7.05 Å². The summed E-state index contributed by atoms with van der Waals surface area (Å²) in [4.78, 5) is 10.7. The summed E-state index contributed by atoms with van der Waals surface area (Å²) >= 11 is 0. The third kappa shape index (κ3) is 4.37. The first-order valence-corrected chi connectivity index (χ1v) is 3.54. The first kappa shape index (κ1) is 10.5. The molecular weight excluding hydrogens is 160 g/mol. The molecule has 0 aromatic rings. The standard InChI is InChI=1S/C6H14N4O2/c1-4(3-5(7)10-12)9-6(11)8-2/h4,12H,3H2,1-2H3,(H2,7,10)(H2,8,9,11). The van der Waals surface area contributed by atoms with E-state index in [4.69, 9.17) is 10.9 Å². The average Bonchev–Trinajstić information content (AvgIpc) is 2.03. The minimum atomic E-state index is -0.284. The van der Waals surface area contributed by atoms with Gasteiger partial charge in [-0.2, -0.15) is 0 Å². The summed E-state index contributed by atoms with van der Waals surface area (Å²) < 4.78 is 0. The van der Waals surface area contributed by atoms with Crippen molar-refractivity contribution in [2.24, 2.45) is 10.9 Å². The van der Waals surface area contributed by atoms with E-state index in [1.807, 2.05) is 0 Å². The number of nitrogens with one attached hydrogen (secondary N) is 2. The van der Waals surface area contributed by atoms with Crippen LogP contribution in [-0.4, -0.2) is 30.2 Å². The van der Waals surface area contributed by atoms with Crippen molar-refractivity contribution in [3.05, 3.63) is 0 Å². The van der Waals surface area contributed by atoms with Gasteiger partial charge in [-0.3, -0.25) is 0 Å². The van der Waals surface area contributed by atoms with Gasteiger partial charge in [-0.25, -0.2) is 4.79 Å². The van der Waals surface area contributed by atoms with E-state index >= 15 is 0 Å². The van der Waals surface area contributed by atoms with Crippen LogP contribution in [0.3, 0.4) is 0 Å². The largest absolute Gasteiger partial charge is 0.409 e. The van der Waals surface area contributed by atoms with Crippen molar-refractivity contribution in [3.63, 3.8) is 0 Å². The molecule has 1 unspecified atom stereocenters. The Hall–Kier alpha value is -1.46. The molecule has 0 spiro atoms. The molecule has 1 atom stereocenters. The monoisotopic (exact) mass is 174 g/mol. The molecule has 2 amide bonds. The number of carbonyl (C=O) groups is 1. The maximum atomic E-state index is 10.7. The minimum absolute atomic E-state index is 0.0962. The molecule has 0 aliphatic heterocycles. The number of hydrogen-bond donors (Lipinski definition) is 4. The summed E-state index contributed by atoms with van der Waals surface area (Å²) in [5.74, 6) is 0.0962. The molecule has 0 aromatic heterocycles. The Morgan fingerprint density at radius 1 is 1.75 bits per heavy atom. The van der Waals surface area contributed by atoms with E-state index in [0.29, 0.717) is 6.42 Å². The van der Waals surface area contributed by atoms with Crippen LogP contribution in [0.15, 0.2) is 5.16 Å². The Kier molecular flexibility index (Phi) is 4.59. The van der Waals surface area contributed by atoms with Gasteiger partial charge in [0.25, 0.3) is 0 Å². The average molecular weight is 174 g/mol. The molecule has 0 saturated heterocycles. The third-order valence-corrected chi connectivity index (χ3v) is 1.25. The fourth-order valence-corrected chi connectivity index (χ4v) is 0.702. The molecule has 0 aromatic carbocycles. The molecule has 5 N–H and O–H groups in total. The molecule has 0 rings (SSSR count). The van der Waals surface area contributed by atoms with Crippen LogP contribution in [0.1, 0.15) is 13.3 Å². The van der Waals surface area contributed by atoms with Crippen molar-refractivity contribution in [2.75, 3.05) is 7.05 Å². The van der Waals surface area contributed by atoms with Crippen LogP contribution >= 0.6 is 0 Å². The zero-order chi connectivity index (χ0) is 9.56. The summed E-state index contributed by atoms with van der Waals surface area (Å²) in [6.45, 7) is 1.76. The second-order valence-electron chi connectivity index (χ2n) is 2.42. The predicted octanol–water partition coefficient (Wildman–Crippen LogP) is -0.560. The summed E-state index contributed by atoms with van der Waals surface area (Å²) in [6.07, 6.45) is 0.323. The van der Waals surface area contributed by atoms with Crippen molar-refractivity contribution in [3.8, 4) is 0 Å². The smallest absolute Gasteiger partial charge is 0.314 e. The molecule has 70 valence electrons.